The van der Waals surface area contributed by atoms with E-state index in [1.54, 1.807) is 0 Å². The van der Waals surface area contributed by atoms with E-state index in [4.69, 9.17) is 4.74 Å². The lowest BCUT2D eigenvalue weighted by atomic mass is 9.78. The number of rotatable bonds is 1. The highest BCUT2D eigenvalue weighted by Gasteiger charge is 2.63. The first kappa shape index (κ1) is 12.9. The third kappa shape index (κ3) is 1.56. The standard InChI is InChI=1S/C19H22NO/c1-13-8-9-14-17(21-19(10-11-19)18(14,2)3)16(13)15-7-5-6-12-20(15)4/h5-9,12H,10-11H2,1-4H3/q+1. The average molecular weight is 280 g/mol. The van der Waals surface area contributed by atoms with Crippen molar-refractivity contribution < 1.29 is 9.30 Å². The number of hydrogen-bond donors (Lipinski definition) is 0. The molecule has 2 nitrogen and oxygen atoms in total. The Bertz CT molecular complexity index is 741. The van der Waals surface area contributed by atoms with E-state index in [0.29, 0.717) is 0 Å². The van der Waals surface area contributed by atoms with Crippen LogP contribution in [0.4, 0.5) is 0 Å². The monoisotopic (exact) mass is 280 g/mol. The lowest BCUT2D eigenvalue weighted by molar-refractivity contribution is -0.660. The smallest absolute Gasteiger partial charge is 0.216 e. The maximum atomic E-state index is 6.53. The molecule has 21 heavy (non-hydrogen) atoms. The van der Waals surface area contributed by atoms with Gasteiger partial charge in [-0.25, -0.2) is 4.57 Å². The molecule has 1 fully saturated rings. The highest BCUT2D eigenvalue weighted by atomic mass is 16.5. The quantitative estimate of drug-likeness (QED) is 0.726. The first-order valence-electron chi connectivity index (χ1n) is 7.74. The van der Waals surface area contributed by atoms with Crippen molar-refractivity contribution >= 4 is 0 Å². The van der Waals surface area contributed by atoms with Crippen LogP contribution in [0.5, 0.6) is 5.75 Å². The first-order valence-corrected chi connectivity index (χ1v) is 7.74. The summed E-state index contributed by atoms with van der Waals surface area (Å²) in [5.74, 6) is 1.11. The van der Waals surface area contributed by atoms with Crippen LogP contribution in [0.15, 0.2) is 36.5 Å². The zero-order valence-corrected chi connectivity index (χ0v) is 13.2. The molecule has 0 bridgehead atoms. The Balaban J connectivity index is 2.00. The molecule has 1 aliphatic carbocycles. The summed E-state index contributed by atoms with van der Waals surface area (Å²) >= 11 is 0. The van der Waals surface area contributed by atoms with Crippen molar-refractivity contribution in [1.29, 1.82) is 0 Å². The topological polar surface area (TPSA) is 13.1 Å². The highest BCUT2D eigenvalue weighted by Crippen LogP contribution is 2.62. The number of aryl methyl sites for hydroxylation is 2. The molecule has 2 heterocycles. The molecule has 0 radical (unpaired) electrons. The van der Waals surface area contributed by atoms with Crippen LogP contribution in [-0.2, 0) is 12.5 Å². The van der Waals surface area contributed by atoms with E-state index >= 15 is 0 Å². The van der Waals surface area contributed by atoms with Gasteiger partial charge in [-0.15, -0.1) is 0 Å². The van der Waals surface area contributed by atoms with Crippen LogP contribution >= 0.6 is 0 Å². The minimum atomic E-state index is 0.0469. The number of benzene rings is 1. The molecular formula is C19H22NO+. The number of fused-ring (bicyclic) bond motifs is 1. The van der Waals surface area contributed by atoms with Gasteiger partial charge in [-0.3, -0.25) is 0 Å². The third-order valence-corrected chi connectivity index (χ3v) is 5.49. The molecular weight excluding hydrogens is 258 g/mol. The van der Waals surface area contributed by atoms with E-state index < -0.39 is 0 Å². The van der Waals surface area contributed by atoms with Gasteiger partial charge < -0.3 is 4.74 Å². The Hall–Kier alpha value is -1.83. The van der Waals surface area contributed by atoms with Gasteiger partial charge in [-0.05, 0) is 31.4 Å². The molecule has 1 aliphatic heterocycles. The lowest BCUT2D eigenvalue weighted by Crippen LogP contribution is -2.34. The van der Waals surface area contributed by atoms with Crippen LogP contribution in [0.3, 0.4) is 0 Å². The zero-order valence-electron chi connectivity index (χ0n) is 13.2. The molecule has 4 rings (SSSR count). The van der Waals surface area contributed by atoms with Gasteiger partial charge in [-0.2, -0.15) is 0 Å². The van der Waals surface area contributed by atoms with Gasteiger partial charge in [0.2, 0.25) is 5.69 Å². The predicted octanol–water partition coefficient (Wildman–Crippen LogP) is 3.69. The van der Waals surface area contributed by atoms with Gasteiger partial charge in [0.15, 0.2) is 6.20 Å². The Morgan fingerprint density at radius 1 is 1.10 bits per heavy atom. The molecule has 108 valence electrons. The van der Waals surface area contributed by atoms with Gasteiger partial charge in [0, 0.05) is 23.1 Å². The molecule has 1 aromatic carbocycles. The second kappa shape index (κ2) is 3.88. The Kier molecular flexibility index (Phi) is 2.38. The number of pyridine rings is 1. The van der Waals surface area contributed by atoms with Crippen LogP contribution in [0, 0.1) is 6.92 Å². The molecule has 0 amide bonds. The van der Waals surface area contributed by atoms with Crippen LogP contribution in [0.1, 0.15) is 37.8 Å². The molecule has 1 saturated carbocycles. The number of nitrogens with zero attached hydrogens (tertiary/aromatic N) is 1. The molecule has 0 saturated heterocycles. The van der Waals surface area contributed by atoms with Crippen LogP contribution < -0.4 is 9.30 Å². The second-order valence-electron chi connectivity index (χ2n) is 7.05. The molecule has 0 unspecified atom stereocenters. The second-order valence-corrected chi connectivity index (χ2v) is 7.05. The van der Waals surface area contributed by atoms with Crippen LogP contribution in [0.25, 0.3) is 11.3 Å². The first-order chi connectivity index (χ1) is 9.96. The summed E-state index contributed by atoms with van der Waals surface area (Å²) in [7, 11) is 2.10. The van der Waals surface area contributed by atoms with Gasteiger partial charge in [0.05, 0.1) is 5.56 Å². The van der Waals surface area contributed by atoms with Crippen LogP contribution in [0.2, 0.25) is 0 Å². The van der Waals surface area contributed by atoms with E-state index in [0.717, 1.165) is 5.75 Å². The van der Waals surface area contributed by atoms with Crippen molar-refractivity contribution in [3.63, 3.8) is 0 Å². The number of hydrogen-bond acceptors (Lipinski definition) is 1. The maximum absolute atomic E-state index is 6.53. The van der Waals surface area contributed by atoms with Gasteiger partial charge in [0.25, 0.3) is 0 Å². The summed E-state index contributed by atoms with van der Waals surface area (Å²) in [6, 6.07) is 10.9. The minimum Gasteiger partial charge on any atom is -0.485 e. The summed E-state index contributed by atoms with van der Waals surface area (Å²) in [6.07, 6.45) is 4.45. The summed E-state index contributed by atoms with van der Waals surface area (Å²) in [6.45, 7) is 6.84. The van der Waals surface area contributed by atoms with Crippen LogP contribution in [-0.4, -0.2) is 5.60 Å². The summed E-state index contributed by atoms with van der Waals surface area (Å²) < 4.78 is 8.71. The van der Waals surface area contributed by atoms with Gasteiger partial charge in [-0.1, -0.05) is 26.0 Å². The van der Waals surface area contributed by atoms with E-state index in [1.165, 1.54) is 35.2 Å². The Morgan fingerprint density at radius 3 is 2.52 bits per heavy atom. The molecule has 1 aromatic heterocycles. The molecule has 0 atom stereocenters. The summed E-state index contributed by atoms with van der Waals surface area (Å²) in [4.78, 5) is 0. The third-order valence-electron chi connectivity index (χ3n) is 5.49. The normalized spacial score (nSPS) is 20.2. The molecule has 2 aromatic rings. The molecule has 2 aliphatic rings. The molecule has 1 spiro atoms. The number of aromatic nitrogens is 1. The largest absolute Gasteiger partial charge is 0.485 e. The van der Waals surface area contributed by atoms with E-state index in [2.05, 4.69) is 68.9 Å². The van der Waals surface area contributed by atoms with Crippen molar-refractivity contribution in [2.24, 2.45) is 7.05 Å². The van der Waals surface area contributed by atoms with Gasteiger partial charge in [0.1, 0.15) is 18.4 Å². The van der Waals surface area contributed by atoms with Crippen molar-refractivity contribution in [2.75, 3.05) is 0 Å². The molecule has 0 N–H and O–H groups in total. The van der Waals surface area contributed by atoms with E-state index in [1.807, 2.05) is 0 Å². The van der Waals surface area contributed by atoms with Crippen molar-refractivity contribution in [2.45, 2.75) is 44.6 Å². The van der Waals surface area contributed by atoms with Crippen molar-refractivity contribution in [3.8, 4) is 17.0 Å². The predicted molar refractivity (Wildman–Crippen MR) is 83.4 cm³/mol. The number of ether oxygens (including phenoxy) is 1. The van der Waals surface area contributed by atoms with Crippen molar-refractivity contribution in [3.05, 3.63) is 47.7 Å². The fourth-order valence-electron chi connectivity index (χ4n) is 3.79. The fraction of sp³-hybridized carbons (Fsp3) is 0.421. The highest BCUT2D eigenvalue weighted by molar-refractivity contribution is 5.74. The minimum absolute atomic E-state index is 0.0469. The Labute approximate surface area is 126 Å². The van der Waals surface area contributed by atoms with E-state index in [-0.39, 0.29) is 11.0 Å². The summed E-state index contributed by atoms with van der Waals surface area (Å²) in [5, 5.41) is 0. The zero-order chi connectivity index (χ0) is 14.8. The SMILES string of the molecule is Cc1ccc2c(c1-c1cccc[n+]1C)OC1(CC1)C2(C)C. The van der Waals surface area contributed by atoms with Gasteiger partial charge >= 0.3 is 0 Å². The maximum Gasteiger partial charge on any atom is 0.216 e. The van der Waals surface area contributed by atoms with Crippen molar-refractivity contribution in [1.82, 2.24) is 0 Å². The lowest BCUT2D eigenvalue weighted by Gasteiger charge is -2.25. The average Bonchev–Trinajstić information content (AvgIpc) is 3.17. The summed E-state index contributed by atoms with van der Waals surface area (Å²) in [5.41, 5.74) is 5.28. The van der Waals surface area contributed by atoms with E-state index in [9.17, 15) is 0 Å². The fourth-order valence-corrected chi connectivity index (χ4v) is 3.79. The molecule has 2 heteroatoms. The Morgan fingerprint density at radius 2 is 1.86 bits per heavy atom.